The summed E-state index contributed by atoms with van der Waals surface area (Å²) in [6, 6.07) is 13.4. The molecule has 1 fully saturated rings. The van der Waals surface area contributed by atoms with Gasteiger partial charge in [0.15, 0.2) is 0 Å². The third kappa shape index (κ3) is 5.69. The Labute approximate surface area is 203 Å². The van der Waals surface area contributed by atoms with Crippen LogP contribution in [0.15, 0.2) is 42.5 Å². The van der Waals surface area contributed by atoms with Crippen molar-refractivity contribution in [3.8, 4) is 11.3 Å². The maximum Gasteiger partial charge on any atom is 0.320 e. The van der Waals surface area contributed by atoms with Crippen LogP contribution in [0.2, 0.25) is 10.0 Å². The predicted octanol–water partition coefficient (Wildman–Crippen LogP) is 4.78. The molecule has 0 bridgehead atoms. The summed E-state index contributed by atoms with van der Waals surface area (Å²) in [6.07, 6.45) is 0.998. The molecule has 1 aromatic heterocycles. The molecule has 174 valence electrons. The van der Waals surface area contributed by atoms with Gasteiger partial charge in [0.2, 0.25) is 5.91 Å². The van der Waals surface area contributed by atoms with Crippen molar-refractivity contribution in [2.24, 2.45) is 0 Å². The van der Waals surface area contributed by atoms with Crippen molar-refractivity contribution >= 4 is 46.0 Å². The zero-order chi connectivity index (χ0) is 23.4. The van der Waals surface area contributed by atoms with Crippen LogP contribution in [-0.2, 0) is 20.7 Å². The number of ether oxygens (including phenoxy) is 1. The molecule has 8 heteroatoms. The number of piperazine rings is 1. The number of fused-ring (bicyclic) bond motifs is 1. The number of amides is 1. The maximum absolute atomic E-state index is 13.0. The van der Waals surface area contributed by atoms with E-state index in [2.05, 4.69) is 4.98 Å². The molecular formula is C25H27Cl2N3O3. The van der Waals surface area contributed by atoms with E-state index >= 15 is 0 Å². The molecule has 4 rings (SSSR count). The largest absolute Gasteiger partial charge is 0.465 e. The summed E-state index contributed by atoms with van der Waals surface area (Å²) >= 11 is 12.4. The van der Waals surface area contributed by atoms with Gasteiger partial charge in [-0.3, -0.25) is 14.5 Å². The first kappa shape index (κ1) is 23.6. The summed E-state index contributed by atoms with van der Waals surface area (Å²) in [5.74, 6) is -0.103. The Kier molecular flexibility index (Phi) is 7.58. The van der Waals surface area contributed by atoms with E-state index in [1.54, 1.807) is 6.92 Å². The first-order valence-electron chi connectivity index (χ1n) is 11.2. The first-order valence-corrected chi connectivity index (χ1v) is 11.9. The van der Waals surface area contributed by atoms with E-state index in [9.17, 15) is 9.59 Å². The molecule has 1 amide bonds. The van der Waals surface area contributed by atoms with Gasteiger partial charge >= 0.3 is 5.97 Å². The molecule has 0 atom stereocenters. The van der Waals surface area contributed by atoms with Gasteiger partial charge in [-0.1, -0.05) is 35.3 Å². The molecule has 0 spiro atoms. The van der Waals surface area contributed by atoms with Crippen molar-refractivity contribution in [1.29, 1.82) is 0 Å². The highest BCUT2D eigenvalue weighted by molar-refractivity contribution is 6.31. The van der Waals surface area contributed by atoms with E-state index in [4.69, 9.17) is 27.9 Å². The molecule has 33 heavy (non-hydrogen) atoms. The van der Waals surface area contributed by atoms with Gasteiger partial charge < -0.3 is 14.6 Å². The lowest BCUT2D eigenvalue weighted by Gasteiger charge is -2.34. The number of nitrogens with one attached hydrogen (secondary N) is 1. The van der Waals surface area contributed by atoms with Crippen molar-refractivity contribution < 1.29 is 14.3 Å². The minimum absolute atomic E-state index is 0.115. The number of benzene rings is 2. The Hall–Kier alpha value is -2.54. The van der Waals surface area contributed by atoms with Crippen LogP contribution in [0.1, 0.15) is 18.9 Å². The number of carbonyl (C=O) groups excluding carboxylic acids is 2. The Morgan fingerprint density at radius 2 is 1.70 bits per heavy atom. The summed E-state index contributed by atoms with van der Waals surface area (Å²) in [5.41, 5.74) is 4.06. The van der Waals surface area contributed by atoms with Gasteiger partial charge in [-0.25, -0.2) is 0 Å². The van der Waals surface area contributed by atoms with E-state index < -0.39 is 0 Å². The van der Waals surface area contributed by atoms with Crippen molar-refractivity contribution in [3.05, 3.63) is 58.1 Å². The standard InChI is InChI=1S/C25H27Cl2N3O3/c1-2-33-24(32)16-29-11-13-30(14-12-29)23(31)10-8-20-21-15-19(27)7-9-22(21)28-25(20)17-3-5-18(26)6-4-17/h3-7,9,15,28H,2,8,10-14,16H2,1H3. The van der Waals surface area contributed by atoms with Crippen LogP contribution in [0, 0.1) is 0 Å². The molecular weight excluding hydrogens is 461 g/mol. The molecule has 6 nitrogen and oxygen atoms in total. The lowest BCUT2D eigenvalue weighted by molar-refractivity contribution is -0.145. The van der Waals surface area contributed by atoms with Gasteiger partial charge in [-0.2, -0.15) is 0 Å². The van der Waals surface area contributed by atoms with Crippen LogP contribution in [0.4, 0.5) is 0 Å². The minimum atomic E-state index is -0.218. The normalized spacial score (nSPS) is 14.6. The van der Waals surface area contributed by atoms with Gasteiger partial charge in [0.1, 0.15) is 0 Å². The Morgan fingerprint density at radius 3 is 2.39 bits per heavy atom. The highest BCUT2D eigenvalue weighted by Gasteiger charge is 2.23. The fourth-order valence-electron chi connectivity index (χ4n) is 4.28. The minimum Gasteiger partial charge on any atom is -0.465 e. The second kappa shape index (κ2) is 10.6. The summed E-state index contributed by atoms with van der Waals surface area (Å²) in [5, 5.41) is 2.37. The number of aromatic nitrogens is 1. The van der Waals surface area contributed by atoms with Gasteiger partial charge in [0.05, 0.1) is 13.2 Å². The number of aryl methyl sites for hydroxylation is 1. The molecule has 1 saturated heterocycles. The summed E-state index contributed by atoms with van der Waals surface area (Å²) in [7, 11) is 0. The van der Waals surface area contributed by atoms with E-state index in [1.165, 1.54) is 0 Å². The number of rotatable bonds is 7. The summed E-state index contributed by atoms with van der Waals surface area (Å²) in [4.78, 5) is 32.1. The molecule has 3 aromatic rings. The summed E-state index contributed by atoms with van der Waals surface area (Å²) in [6.45, 7) is 5.02. The van der Waals surface area contributed by atoms with Crippen LogP contribution in [-0.4, -0.2) is 66.0 Å². The van der Waals surface area contributed by atoms with Crippen LogP contribution in [0.5, 0.6) is 0 Å². The molecule has 0 aliphatic carbocycles. The molecule has 0 saturated carbocycles. The second-order valence-electron chi connectivity index (χ2n) is 8.14. The highest BCUT2D eigenvalue weighted by Crippen LogP contribution is 2.33. The number of nitrogens with zero attached hydrogens (tertiary/aromatic N) is 2. The van der Waals surface area contributed by atoms with Crippen molar-refractivity contribution in [2.45, 2.75) is 19.8 Å². The number of hydrogen-bond donors (Lipinski definition) is 1. The zero-order valence-electron chi connectivity index (χ0n) is 18.6. The monoisotopic (exact) mass is 487 g/mol. The van der Waals surface area contributed by atoms with E-state index in [-0.39, 0.29) is 18.4 Å². The van der Waals surface area contributed by atoms with Gasteiger partial charge in [-0.05, 0) is 54.8 Å². The molecule has 0 radical (unpaired) electrons. The van der Waals surface area contributed by atoms with Crippen LogP contribution >= 0.6 is 23.2 Å². The molecule has 0 unspecified atom stereocenters. The first-order chi connectivity index (χ1) is 15.9. The van der Waals surface area contributed by atoms with Crippen LogP contribution in [0.25, 0.3) is 22.2 Å². The zero-order valence-corrected chi connectivity index (χ0v) is 20.1. The third-order valence-electron chi connectivity index (χ3n) is 5.97. The smallest absolute Gasteiger partial charge is 0.320 e. The van der Waals surface area contributed by atoms with E-state index in [1.807, 2.05) is 52.3 Å². The Bertz CT molecular complexity index is 1140. The van der Waals surface area contributed by atoms with Gasteiger partial charge in [-0.15, -0.1) is 0 Å². The molecule has 1 aliphatic rings. The lowest BCUT2D eigenvalue weighted by Crippen LogP contribution is -2.50. The average Bonchev–Trinajstić information content (AvgIpc) is 3.16. The number of H-pyrrole nitrogens is 1. The number of hydrogen-bond acceptors (Lipinski definition) is 4. The number of aromatic amines is 1. The number of carbonyl (C=O) groups is 2. The molecule has 2 heterocycles. The van der Waals surface area contributed by atoms with Crippen LogP contribution < -0.4 is 0 Å². The number of halogens is 2. The molecule has 1 aliphatic heterocycles. The fourth-order valence-corrected chi connectivity index (χ4v) is 4.58. The van der Waals surface area contributed by atoms with Gasteiger partial charge in [0.25, 0.3) is 0 Å². The molecule has 1 N–H and O–H groups in total. The van der Waals surface area contributed by atoms with Gasteiger partial charge in [0, 0.05) is 59.2 Å². The van der Waals surface area contributed by atoms with Crippen molar-refractivity contribution in [1.82, 2.24) is 14.8 Å². The average molecular weight is 488 g/mol. The quantitative estimate of drug-likeness (QED) is 0.486. The van der Waals surface area contributed by atoms with Crippen LogP contribution in [0.3, 0.4) is 0 Å². The fraction of sp³-hybridized carbons (Fsp3) is 0.360. The summed E-state index contributed by atoms with van der Waals surface area (Å²) < 4.78 is 5.02. The third-order valence-corrected chi connectivity index (χ3v) is 6.46. The Morgan fingerprint density at radius 1 is 1.00 bits per heavy atom. The predicted molar refractivity (Wildman–Crippen MR) is 132 cm³/mol. The van der Waals surface area contributed by atoms with E-state index in [0.717, 1.165) is 27.7 Å². The van der Waals surface area contributed by atoms with Crippen molar-refractivity contribution in [2.75, 3.05) is 39.3 Å². The van der Waals surface area contributed by atoms with Crippen molar-refractivity contribution in [3.63, 3.8) is 0 Å². The second-order valence-corrected chi connectivity index (χ2v) is 9.01. The highest BCUT2D eigenvalue weighted by atomic mass is 35.5. The Balaban J connectivity index is 1.45. The maximum atomic E-state index is 13.0. The molecule has 2 aromatic carbocycles. The SMILES string of the molecule is CCOC(=O)CN1CCN(C(=O)CCc2c(-c3ccc(Cl)cc3)[nH]c3ccc(Cl)cc23)CC1. The van der Waals surface area contributed by atoms with E-state index in [0.29, 0.717) is 55.7 Å². The number of esters is 1. The lowest BCUT2D eigenvalue weighted by atomic mass is 10.0. The topological polar surface area (TPSA) is 65.6 Å².